The molecule has 3 atom stereocenters. The maximum absolute atomic E-state index is 15.8. The molecule has 3 aliphatic rings. The molecule has 234 valence electrons. The Morgan fingerprint density at radius 3 is 2.56 bits per heavy atom. The van der Waals surface area contributed by atoms with E-state index in [1.165, 1.54) is 24.9 Å². The Balaban J connectivity index is 0.000000345. The van der Waals surface area contributed by atoms with Gasteiger partial charge in [0.05, 0.1) is 25.3 Å². The van der Waals surface area contributed by atoms with E-state index >= 15 is 4.39 Å². The number of pyridine rings is 2. The van der Waals surface area contributed by atoms with E-state index in [0.29, 0.717) is 12.6 Å². The molecule has 9 nitrogen and oxygen atoms in total. The minimum absolute atomic E-state index is 0.145. The first-order valence-corrected chi connectivity index (χ1v) is 13.6. The van der Waals surface area contributed by atoms with Crippen LogP contribution in [0, 0.1) is 12.7 Å². The molecular weight excluding hydrogens is 587 g/mol. The number of ether oxygens (including phenoxy) is 2. The number of anilines is 2. The summed E-state index contributed by atoms with van der Waals surface area (Å²) in [5, 5.41) is -0.179. The number of nitrogens with two attached hydrogens (primary N) is 1. The molecule has 6 heterocycles. The number of fused-ring (bicyclic) bond motifs is 1. The van der Waals surface area contributed by atoms with Crippen LogP contribution in [-0.4, -0.2) is 82.9 Å². The fourth-order valence-corrected chi connectivity index (χ4v) is 5.83. The number of alkyl halides is 6. The topological polar surface area (TPSA) is 103 Å². The van der Waals surface area contributed by atoms with E-state index in [2.05, 4.69) is 24.8 Å². The Bertz CT molecular complexity index is 1500. The van der Waals surface area contributed by atoms with Crippen molar-refractivity contribution < 1.29 is 40.2 Å². The van der Waals surface area contributed by atoms with Crippen molar-refractivity contribution >= 4 is 22.5 Å². The Morgan fingerprint density at radius 1 is 1.16 bits per heavy atom. The third kappa shape index (κ3) is 6.06. The lowest BCUT2D eigenvalue weighted by Gasteiger charge is -2.28. The van der Waals surface area contributed by atoms with Crippen LogP contribution in [0.2, 0.25) is 0 Å². The highest BCUT2D eigenvalue weighted by molar-refractivity contribution is 5.97. The lowest BCUT2D eigenvalue weighted by molar-refractivity contribution is -0.137. The van der Waals surface area contributed by atoms with E-state index in [1.54, 1.807) is 6.92 Å². The highest BCUT2D eigenvalue weighted by atomic mass is 19.4. The van der Waals surface area contributed by atoms with Crippen molar-refractivity contribution in [2.45, 2.75) is 64.0 Å². The maximum atomic E-state index is 15.8. The standard InChI is InChI=1S/C20H18F6N6O2.C7H12FN/c1-7-4-10(27)28-15(12(7)20(24,25)26)16-13(23)14-11-17(31-19(30-14)33-3)32(5-9(21)22)8(2)6-34-18(11)29-16;8-6-4-7-2-1-3-9(7)5-6/h4,8-9H,5-6H2,1-3H3,(H2,27,28);6-7H,1-5H2/t8-;/m0./s1. The lowest BCUT2D eigenvalue weighted by atomic mass is 10.0. The highest BCUT2D eigenvalue weighted by Gasteiger charge is 2.40. The number of methoxy groups -OCH3 is 1. The van der Waals surface area contributed by atoms with Gasteiger partial charge in [-0.25, -0.2) is 27.5 Å². The zero-order valence-electron chi connectivity index (χ0n) is 23.6. The number of aromatic nitrogens is 4. The van der Waals surface area contributed by atoms with Crippen LogP contribution in [0.4, 0.5) is 42.4 Å². The molecule has 43 heavy (non-hydrogen) atoms. The van der Waals surface area contributed by atoms with Gasteiger partial charge in [-0.05, 0) is 51.3 Å². The fourth-order valence-electron chi connectivity index (χ4n) is 5.83. The van der Waals surface area contributed by atoms with Gasteiger partial charge >= 0.3 is 12.2 Å². The predicted molar refractivity (Wildman–Crippen MR) is 144 cm³/mol. The summed E-state index contributed by atoms with van der Waals surface area (Å²) in [5.41, 5.74) is 1.93. The number of rotatable bonds is 4. The molecular formula is C27H30F7N7O2. The van der Waals surface area contributed by atoms with Gasteiger partial charge in [-0.3, -0.25) is 4.90 Å². The summed E-state index contributed by atoms with van der Waals surface area (Å²) in [4.78, 5) is 19.1. The van der Waals surface area contributed by atoms with Crippen molar-refractivity contribution in [3.05, 3.63) is 23.0 Å². The van der Waals surface area contributed by atoms with Crippen molar-refractivity contribution in [2.75, 3.05) is 44.0 Å². The quantitative estimate of drug-likeness (QED) is 0.397. The van der Waals surface area contributed by atoms with Gasteiger partial charge in [0.2, 0.25) is 5.88 Å². The molecule has 0 aromatic carbocycles. The first kappa shape index (κ1) is 30.8. The van der Waals surface area contributed by atoms with Crippen LogP contribution in [0.1, 0.15) is 37.3 Å². The van der Waals surface area contributed by atoms with Crippen LogP contribution in [-0.2, 0) is 6.18 Å². The van der Waals surface area contributed by atoms with Crippen LogP contribution in [0.3, 0.4) is 0 Å². The monoisotopic (exact) mass is 617 g/mol. The third-order valence-corrected chi connectivity index (χ3v) is 7.70. The second-order valence-corrected chi connectivity index (χ2v) is 10.7. The third-order valence-electron chi connectivity index (χ3n) is 7.70. The number of hydrogen-bond donors (Lipinski definition) is 1. The largest absolute Gasteiger partial charge is 0.475 e. The number of aryl methyl sites for hydroxylation is 1. The summed E-state index contributed by atoms with van der Waals surface area (Å²) in [5.74, 6) is -2.05. The SMILES string of the molecule is COc1nc2c3c(nc(-c4nc(N)cc(C)c4C(F)(F)F)c(F)c3n1)OC[C@H](C)N2CC(F)F.FC1CC2CCCN2C1. The van der Waals surface area contributed by atoms with Gasteiger partial charge in [0.1, 0.15) is 46.7 Å². The van der Waals surface area contributed by atoms with E-state index in [-0.39, 0.29) is 41.1 Å². The Kier molecular flexibility index (Phi) is 8.42. The lowest BCUT2D eigenvalue weighted by Crippen LogP contribution is -2.40. The molecule has 2 N–H and O–H groups in total. The number of nitrogen functional groups attached to an aromatic ring is 1. The highest BCUT2D eigenvalue weighted by Crippen LogP contribution is 2.44. The molecule has 0 saturated carbocycles. The number of nitrogens with zero attached hydrogens (tertiary/aromatic N) is 6. The summed E-state index contributed by atoms with van der Waals surface area (Å²) in [6.07, 6.45) is -4.87. The van der Waals surface area contributed by atoms with Crippen molar-refractivity contribution in [2.24, 2.45) is 0 Å². The maximum Gasteiger partial charge on any atom is 0.418 e. The van der Waals surface area contributed by atoms with Gasteiger partial charge in [-0.2, -0.15) is 23.1 Å². The Hall–Kier alpha value is -3.69. The molecule has 6 rings (SSSR count). The first-order chi connectivity index (χ1) is 20.3. The second kappa shape index (κ2) is 11.8. The molecule has 0 amide bonds. The smallest absolute Gasteiger partial charge is 0.418 e. The molecule has 0 aliphatic carbocycles. The normalized spacial score (nSPS) is 21.8. The minimum Gasteiger partial charge on any atom is -0.475 e. The van der Waals surface area contributed by atoms with E-state index in [1.807, 2.05) is 0 Å². The van der Waals surface area contributed by atoms with Crippen molar-refractivity contribution in [3.8, 4) is 23.3 Å². The van der Waals surface area contributed by atoms with Crippen molar-refractivity contribution in [3.63, 3.8) is 0 Å². The van der Waals surface area contributed by atoms with Gasteiger partial charge in [0.15, 0.2) is 5.82 Å². The molecule has 0 radical (unpaired) electrons. The molecule has 3 aromatic rings. The molecule has 2 saturated heterocycles. The van der Waals surface area contributed by atoms with Crippen LogP contribution in [0.5, 0.6) is 11.9 Å². The zero-order valence-corrected chi connectivity index (χ0v) is 23.6. The summed E-state index contributed by atoms with van der Waals surface area (Å²) >= 11 is 0. The van der Waals surface area contributed by atoms with E-state index < -0.39 is 59.6 Å². The summed E-state index contributed by atoms with van der Waals surface area (Å²) < 4.78 is 107. The van der Waals surface area contributed by atoms with Crippen LogP contribution >= 0.6 is 0 Å². The molecule has 3 aliphatic heterocycles. The van der Waals surface area contributed by atoms with Gasteiger partial charge in [0.25, 0.3) is 6.43 Å². The Labute approximate surface area is 242 Å². The molecule has 3 aromatic heterocycles. The van der Waals surface area contributed by atoms with Gasteiger partial charge in [0, 0.05) is 12.6 Å². The molecule has 0 bridgehead atoms. The van der Waals surface area contributed by atoms with Gasteiger partial charge in [-0.15, -0.1) is 0 Å². The molecule has 2 unspecified atom stereocenters. The van der Waals surface area contributed by atoms with Crippen LogP contribution in [0.25, 0.3) is 22.3 Å². The van der Waals surface area contributed by atoms with Gasteiger partial charge in [-0.1, -0.05) is 0 Å². The summed E-state index contributed by atoms with van der Waals surface area (Å²) in [6.45, 7) is 3.62. The first-order valence-electron chi connectivity index (χ1n) is 13.6. The fraction of sp³-hybridized carbons (Fsp3) is 0.556. The Morgan fingerprint density at radius 2 is 1.91 bits per heavy atom. The van der Waals surface area contributed by atoms with E-state index in [0.717, 1.165) is 26.0 Å². The number of halogens is 7. The predicted octanol–water partition coefficient (Wildman–Crippen LogP) is 5.19. The van der Waals surface area contributed by atoms with Crippen LogP contribution in [0.15, 0.2) is 6.07 Å². The summed E-state index contributed by atoms with van der Waals surface area (Å²) in [6, 6.07) is 0.561. The van der Waals surface area contributed by atoms with E-state index in [9.17, 15) is 26.3 Å². The molecule has 16 heteroatoms. The van der Waals surface area contributed by atoms with Crippen molar-refractivity contribution in [1.29, 1.82) is 0 Å². The van der Waals surface area contributed by atoms with E-state index in [4.69, 9.17) is 15.2 Å². The van der Waals surface area contributed by atoms with Crippen LogP contribution < -0.4 is 20.1 Å². The molecule has 0 spiro atoms. The number of hydrogen-bond acceptors (Lipinski definition) is 9. The average molecular weight is 618 g/mol. The second-order valence-electron chi connectivity index (χ2n) is 10.7. The molecule has 2 fully saturated rings. The van der Waals surface area contributed by atoms with Gasteiger partial charge < -0.3 is 20.1 Å². The minimum atomic E-state index is -4.91. The van der Waals surface area contributed by atoms with Crippen molar-refractivity contribution in [1.82, 2.24) is 24.8 Å². The average Bonchev–Trinajstić information content (AvgIpc) is 3.47. The zero-order chi connectivity index (χ0) is 31.2. The summed E-state index contributed by atoms with van der Waals surface area (Å²) in [7, 11) is 1.17.